The predicted molar refractivity (Wildman–Crippen MR) is 108 cm³/mol. The summed E-state index contributed by atoms with van der Waals surface area (Å²) in [4.78, 5) is 17.0. The van der Waals surface area contributed by atoms with Crippen LogP contribution in [0.25, 0.3) is 16.7 Å². The van der Waals surface area contributed by atoms with Crippen molar-refractivity contribution in [2.75, 3.05) is 11.1 Å². The number of thioether (sulfide) groups is 1. The zero-order valence-electron chi connectivity index (χ0n) is 15.4. The Morgan fingerprint density at radius 3 is 2.79 bits per heavy atom. The third-order valence-corrected chi connectivity index (χ3v) is 5.14. The average Bonchev–Trinajstić information content (AvgIpc) is 3.12. The van der Waals surface area contributed by atoms with E-state index >= 15 is 0 Å². The monoisotopic (exact) mass is 395 g/mol. The van der Waals surface area contributed by atoms with Crippen LogP contribution in [0.5, 0.6) is 0 Å². The van der Waals surface area contributed by atoms with Gasteiger partial charge in [-0.25, -0.2) is 9.37 Å². The van der Waals surface area contributed by atoms with E-state index in [1.54, 1.807) is 12.1 Å². The van der Waals surface area contributed by atoms with Crippen molar-refractivity contribution in [1.82, 2.24) is 19.6 Å². The topological polar surface area (TPSA) is 72.2 Å². The van der Waals surface area contributed by atoms with E-state index in [2.05, 4.69) is 34.3 Å². The second kappa shape index (κ2) is 7.55. The molecule has 1 amide bonds. The smallest absolute Gasteiger partial charge is 0.234 e. The summed E-state index contributed by atoms with van der Waals surface area (Å²) in [5.41, 5.74) is 2.79. The van der Waals surface area contributed by atoms with Gasteiger partial charge in [0.05, 0.1) is 16.8 Å². The Balaban J connectivity index is 1.64. The summed E-state index contributed by atoms with van der Waals surface area (Å²) >= 11 is 1.28. The highest BCUT2D eigenvalue weighted by Gasteiger charge is 2.18. The summed E-state index contributed by atoms with van der Waals surface area (Å²) in [6, 6.07) is 13.6. The van der Waals surface area contributed by atoms with Crippen molar-refractivity contribution < 1.29 is 9.18 Å². The molecule has 142 valence electrons. The number of aromatic nitrogens is 4. The molecule has 0 saturated heterocycles. The molecule has 0 radical (unpaired) electrons. The van der Waals surface area contributed by atoms with Crippen molar-refractivity contribution in [2.24, 2.45) is 0 Å². The van der Waals surface area contributed by atoms with E-state index in [9.17, 15) is 9.18 Å². The molecule has 4 rings (SSSR count). The molecule has 8 heteroatoms. The van der Waals surface area contributed by atoms with Gasteiger partial charge in [-0.3, -0.25) is 9.20 Å². The molecule has 28 heavy (non-hydrogen) atoms. The molecule has 1 N–H and O–H groups in total. The van der Waals surface area contributed by atoms with E-state index < -0.39 is 5.82 Å². The van der Waals surface area contributed by atoms with Crippen molar-refractivity contribution in [2.45, 2.75) is 24.8 Å². The summed E-state index contributed by atoms with van der Waals surface area (Å²) in [7, 11) is 0. The fourth-order valence-electron chi connectivity index (χ4n) is 2.95. The van der Waals surface area contributed by atoms with Gasteiger partial charge in [0.1, 0.15) is 16.7 Å². The molecule has 4 aromatic rings. The summed E-state index contributed by atoms with van der Waals surface area (Å²) in [5, 5.41) is 12.0. The van der Waals surface area contributed by atoms with Gasteiger partial charge in [-0.2, -0.15) is 0 Å². The van der Waals surface area contributed by atoms with E-state index in [1.165, 1.54) is 23.9 Å². The third-order valence-electron chi connectivity index (χ3n) is 4.19. The number of rotatable bonds is 5. The number of para-hydroxylation sites is 2. The van der Waals surface area contributed by atoms with Gasteiger partial charge < -0.3 is 5.32 Å². The molecular formula is C20H18FN5OS. The number of halogens is 1. The van der Waals surface area contributed by atoms with Crippen LogP contribution in [0.4, 0.5) is 10.1 Å². The highest BCUT2D eigenvalue weighted by atomic mass is 32.2. The minimum absolute atomic E-state index is 0.126. The van der Waals surface area contributed by atoms with Gasteiger partial charge >= 0.3 is 0 Å². The van der Waals surface area contributed by atoms with Crippen molar-refractivity contribution in [1.29, 1.82) is 0 Å². The Morgan fingerprint density at radius 2 is 2.00 bits per heavy atom. The lowest BCUT2D eigenvalue weighted by atomic mass is 10.2. The number of hydrogen-bond donors (Lipinski definition) is 1. The molecule has 0 unspecified atom stereocenters. The number of fused-ring (bicyclic) bond motifs is 3. The van der Waals surface area contributed by atoms with Crippen LogP contribution in [0.2, 0.25) is 0 Å². The van der Waals surface area contributed by atoms with Gasteiger partial charge in [0.25, 0.3) is 0 Å². The zero-order chi connectivity index (χ0) is 19.7. The molecule has 0 aliphatic heterocycles. The number of amides is 1. The second-order valence-electron chi connectivity index (χ2n) is 6.62. The number of nitrogens with zero attached hydrogens (tertiary/aromatic N) is 4. The normalized spacial score (nSPS) is 11.4. The number of benzene rings is 2. The van der Waals surface area contributed by atoms with Crippen LogP contribution >= 0.6 is 11.8 Å². The Labute approximate surface area is 165 Å². The van der Waals surface area contributed by atoms with Crippen molar-refractivity contribution in [3.8, 4) is 0 Å². The van der Waals surface area contributed by atoms with Crippen LogP contribution in [0.3, 0.4) is 0 Å². The summed E-state index contributed by atoms with van der Waals surface area (Å²) < 4.78 is 15.3. The van der Waals surface area contributed by atoms with E-state index in [0.717, 1.165) is 16.9 Å². The van der Waals surface area contributed by atoms with Crippen molar-refractivity contribution >= 4 is 40.0 Å². The molecule has 0 aliphatic rings. The van der Waals surface area contributed by atoms with Gasteiger partial charge in [-0.15, -0.1) is 10.2 Å². The van der Waals surface area contributed by atoms with Crippen molar-refractivity contribution in [3.63, 3.8) is 0 Å². The lowest BCUT2D eigenvalue weighted by Gasteiger charge is -2.10. The maximum absolute atomic E-state index is 13.3. The summed E-state index contributed by atoms with van der Waals surface area (Å²) in [6.07, 6.45) is 0. The molecule has 0 spiro atoms. The highest BCUT2D eigenvalue weighted by Crippen LogP contribution is 2.27. The first-order valence-electron chi connectivity index (χ1n) is 8.85. The van der Waals surface area contributed by atoms with Crippen LogP contribution in [-0.2, 0) is 4.79 Å². The molecule has 6 nitrogen and oxygen atoms in total. The summed E-state index contributed by atoms with van der Waals surface area (Å²) in [6.45, 7) is 4.12. The highest BCUT2D eigenvalue weighted by molar-refractivity contribution is 8.00. The molecule has 0 bridgehead atoms. The Hall–Kier alpha value is -3.00. The van der Waals surface area contributed by atoms with Gasteiger partial charge in [0.15, 0.2) is 5.65 Å². The molecule has 0 saturated carbocycles. The van der Waals surface area contributed by atoms with Crippen LogP contribution in [0.15, 0.2) is 53.6 Å². The standard InChI is InChI=1S/C20H18FN5OS/c1-12(2)18-24-25-19-20(23-15-8-3-4-9-16(15)26(18)19)28-11-17(27)22-14-7-5-6-13(21)10-14/h3-10,12H,11H2,1-2H3,(H,22,27). The Bertz CT molecular complexity index is 1170. The third kappa shape index (κ3) is 3.55. The fourth-order valence-corrected chi connectivity index (χ4v) is 3.71. The van der Waals surface area contributed by atoms with E-state index in [0.29, 0.717) is 16.4 Å². The predicted octanol–water partition coefficient (Wildman–Crippen LogP) is 4.27. The maximum Gasteiger partial charge on any atom is 0.234 e. The van der Waals surface area contributed by atoms with Crippen molar-refractivity contribution in [3.05, 3.63) is 60.2 Å². The van der Waals surface area contributed by atoms with E-state index in [-0.39, 0.29) is 17.6 Å². The van der Waals surface area contributed by atoms with Gasteiger partial charge in [-0.05, 0) is 30.3 Å². The van der Waals surface area contributed by atoms with Crippen LogP contribution in [0, 0.1) is 5.82 Å². The molecule has 0 fully saturated rings. The zero-order valence-corrected chi connectivity index (χ0v) is 16.2. The first-order valence-corrected chi connectivity index (χ1v) is 9.83. The second-order valence-corrected chi connectivity index (χ2v) is 7.59. The molecule has 0 atom stereocenters. The molecule has 2 aromatic carbocycles. The Morgan fingerprint density at radius 1 is 1.18 bits per heavy atom. The number of hydrogen-bond acceptors (Lipinski definition) is 5. The largest absolute Gasteiger partial charge is 0.325 e. The number of carbonyl (C=O) groups is 1. The van der Waals surface area contributed by atoms with Gasteiger partial charge in [0.2, 0.25) is 5.91 Å². The lowest BCUT2D eigenvalue weighted by Crippen LogP contribution is -2.14. The fraction of sp³-hybridized carbons (Fsp3) is 0.200. The first-order chi connectivity index (χ1) is 13.5. The van der Waals surface area contributed by atoms with Gasteiger partial charge in [0, 0.05) is 11.6 Å². The minimum Gasteiger partial charge on any atom is -0.325 e. The van der Waals surface area contributed by atoms with Crippen LogP contribution in [-0.4, -0.2) is 31.2 Å². The summed E-state index contributed by atoms with van der Waals surface area (Å²) in [5.74, 6) is 0.524. The van der Waals surface area contributed by atoms with Crippen LogP contribution < -0.4 is 5.32 Å². The average molecular weight is 395 g/mol. The van der Waals surface area contributed by atoms with Crippen LogP contribution in [0.1, 0.15) is 25.6 Å². The quantitative estimate of drug-likeness (QED) is 0.511. The number of carbonyl (C=O) groups excluding carboxylic acids is 1. The molecule has 0 aliphatic carbocycles. The molecule has 2 aromatic heterocycles. The number of anilines is 1. The molecule has 2 heterocycles. The lowest BCUT2D eigenvalue weighted by molar-refractivity contribution is -0.113. The van der Waals surface area contributed by atoms with E-state index in [4.69, 9.17) is 0 Å². The minimum atomic E-state index is -0.395. The Kier molecular flexibility index (Phi) is 4.95. The SMILES string of the molecule is CC(C)c1nnc2c(SCC(=O)Nc3cccc(F)c3)nc3ccccc3n12. The van der Waals surface area contributed by atoms with E-state index in [1.807, 2.05) is 28.7 Å². The molecular weight excluding hydrogens is 377 g/mol. The first kappa shape index (κ1) is 18.4. The maximum atomic E-state index is 13.3. The number of nitrogens with one attached hydrogen (secondary N) is 1. The van der Waals surface area contributed by atoms with Gasteiger partial charge in [-0.1, -0.05) is 43.8 Å².